The van der Waals surface area contributed by atoms with Gasteiger partial charge in [0.05, 0.1) is 0 Å². The molecule has 138 valence electrons. The molecular formula is C17H35N7. The Morgan fingerprint density at radius 3 is 1.50 bits per heavy atom. The molecule has 0 fully saturated rings. The van der Waals surface area contributed by atoms with Crippen LogP contribution in [-0.4, -0.2) is 79.1 Å². The summed E-state index contributed by atoms with van der Waals surface area (Å²) in [5.41, 5.74) is -0.108. The Balaban J connectivity index is 2.69. The van der Waals surface area contributed by atoms with Crippen molar-refractivity contribution in [3.63, 3.8) is 0 Å². The molecule has 0 unspecified atom stereocenters. The Bertz CT molecular complexity index is 446. The number of aromatic nitrogens is 3. The molecule has 0 bridgehead atoms. The molecule has 1 aromatic rings. The molecule has 1 aromatic heterocycles. The second kappa shape index (κ2) is 9.74. The Kier molecular flexibility index (Phi) is 8.35. The maximum atomic E-state index is 4.58. The van der Waals surface area contributed by atoms with Crippen molar-refractivity contribution in [1.82, 2.24) is 24.8 Å². The van der Waals surface area contributed by atoms with Gasteiger partial charge in [-0.25, -0.2) is 0 Å². The van der Waals surface area contributed by atoms with Crippen LogP contribution < -0.4 is 10.6 Å². The zero-order valence-electron chi connectivity index (χ0n) is 16.5. The van der Waals surface area contributed by atoms with Crippen LogP contribution in [0.25, 0.3) is 0 Å². The highest BCUT2D eigenvalue weighted by molar-refractivity contribution is 5.35. The van der Waals surface area contributed by atoms with Gasteiger partial charge >= 0.3 is 0 Å². The van der Waals surface area contributed by atoms with Gasteiger partial charge in [0.25, 0.3) is 0 Å². The van der Waals surface area contributed by atoms with Crippen molar-refractivity contribution in [3.05, 3.63) is 5.82 Å². The summed E-state index contributed by atoms with van der Waals surface area (Å²) in [5, 5.41) is 6.65. The van der Waals surface area contributed by atoms with Crippen LogP contribution in [0.2, 0.25) is 0 Å². The summed E-state index contributed by atoms with van der Waals surface area (Å²) in [4.78, 5) is 18.0. The smallest absolute Gasteiger partial charge is 0.227 e. The van der Waals surface area contributed by atoms with Crippen molar-refractivity contribution >= 4 is 11.9 Å². The maximum absolute atomic E-state index is 4.58. The molecule has 0 amide bonds. The zero-order chi connectivity index (χ0) is 18.2. The molecule has 0 aliphatic carbocycles. The Labute approximate surface area is 147 Å². The number of nitrogens with one attached hydrogen (secondary N) is 2. The van der Waals surface area contributed by atoms with Crippen molar-refractivity contribution in [3.8, 4) is 0 Å². The lowest BCUT2D eigenvalue weighted by molar-refractivity contribution is 0.405. The summed E-state index contributed by atoms with van der Waals surface area (Å²) < 4.78 is 0. The largest absolute Gasteiger partial charge is 0.354 e. The molecule has 0 saturated carbocycles. The van der Waals surface area contributed by atoms with Gasteiger partial charge in [0, 0.05) is 18.5 Å². The first-order valence-electron chi connectivity index (χ1n) is 8.72. The average Bonchev–Trinajstić information content (AvgIpc) is 2.47. The van der Waals surface area contributed by atoms with E-state index in [1.54, 1.807) is 0 Å². The lowest BCUT2D eigenvalue weighted by Crippen LogP contribution is -2.22. The molecule has 24 heavy (non-hydrogen) atoms. The van der Waals surface area contributed by atoms with Crippen molar-refractivity contribution in [2.45, 2.75) is 39.0 Å². The number of nitrogens with zero attached hydrogens (tertiary/aromatic N) is 5. The predicted molar refractivity (Wildman–Crippen MR) is 102 cm³/mol. The molecule has 1 heterocycles. The zero-order valence-corrected chi connectivity index (χ0v) is 16.5. The van der Waals surface area contributed by atoms with E-state index in [9.17, 15) is 0 Å². The predicted octanol–water partition coefficient (Wildman–Crippen LogP) is 1.90. The highest BCUT2D eigenvalue weighted by Gasteiger charge is 2.19. The van der Waals surface area contributed by atoms with Crippen LogP contribution in [0.1, 0.15) is 39.4 Å². The molecule has 2 N–H and O–H groups in total. The third kappa shape index (κ3) is 8.40. The Morgan fingerprint density at radius 1 is 0.750 bits per heavy atom. The highest BCUT2D eigenvalue weighted by atomic mass is 15.2. The number of hydrogen-bond acceptors (Lipinski definition) is 7. The van der Waals surface area contributed by atoms with Gasteiger partial charge < -0.3 is 20.4 Å². The summed E-state index contributed by atoms with van der Waals surface area (Å²) in [7, 11) is 8.32. The summed E-state index contributed by atoms with van der Waals surface area (Å²) in [6.07, 6.45) is 2.10. The average molecular weight is 338 g/mol. The van der Waals surface area contributed by atoms with Crippen LogP contribution in [0.4, 0.5) is 11.9 Å². The minimum absolute atomic E-state index is 0.108. The minimum atomic E-state index is -0.108. The molecule has 0 saturated heterocycles. The van der Waals surface area contributed by atoms with E-state index in [4.69, 9.17) is 0 Å². The molecule has 0 atom stereocenters. The maximum Gasteiger partial charge on any atom is 0.227 e. The van der Waals surface area contributed by atoms with E-state index in [0.29, 0.717) is 11.9 Å². The Hall–Kier alpha value is -1.47. The summed E-state index contributed by atoms with van der Waals surface area (Å²) in [5.74, 6) is 2.12. The molecule has 0 radical (unpaired) electrons. The third-order valence-corrected chi connectivity index (χ3v) is 3.44. The first-order chi connectivity index (χ1) is 11.2. The molecule has 0 aromatic carbocycles. The molecule has 0 spiro atoms. The van der Waals surface area contributed by atoms with Gasteiger partial charge in [-0.3, -0.25) is 0 Å². The summed E-state index contributed by atoms with van der Waals surface area (Å²) in [6, 6.07) is 0. The lowest BCUT2D eigenvalue weighted by Gasteiger charge is -2.19. The summed E-state index contributed by atoms with van der Waals surface area (Å²) >= 11 is 0. The van der Waals surface area contributed by atoms with E-state index >= 15 is 0 Å². The van der Waals surface area contributed by atoms with E-state index in [1.165, 1.54) is 0 Å². The van der Waals surface area contributed by atoms with E-state index in [2.05, 4.69) is 84.3 Å². The quantitative estimate of drug-likeness (QED) is 0.632. The first-order valence-corrected chi connectivity index (χ1v) is 8.72. The fourth-order valence-electron chi connectivity index (χ4n) is 2.06. The first kappa shape index (κ1) is 20.6. The van der Waals surface area contributed by atoms with Gasteiger partial charge in [-0.05, 0) is 54.1 Å². The molecule has 0 aliphatic rings. The molecule has 1 rings (SSSR count). The SMILES string of the molecule is CN(C)CCCNc1nc(NCCCN(C)C)nc(C(C)(C)C)n1. The van der Waals surface area contributed by atoms with Gasteiger partial charge in [0.1, 0.15) is 5.82 Å². The number of anilines is 2. The van der Waals surface area contributed by atoms with Crippen LogP contribution >= 0.6 is 0 Å². The monoisotopic (exact) mass is 337 g/mol. The van der Waals surface area contributed by atoms with Crippen molar-refractivity contribution in [2.24, 2.45) is 0 Å². The fourth-order valence-corrected chi connectivity index (χ4v) is 2.06. The second-order valence-electron chi connectivity index (χ2n) is 7.72. The van der Waals surface area contributed by atoms with Crippen LogP contribution in [0, 0.1) is 0 Å². The number of hydrogen-bond donors (Lipinski definition) is 2. The van der Waals surface area contributed by atoms with Gasteiger partial charge in [-0.15, -0.1) is 0 Å². The molecule has 7 heteroatoms. The van der Waals surface area contributed by atoms with Gasteiger partial charge in [-0.2, -0.15) is 15.0 Å². The van der Waals surface area contributed by atoms with Crippen molar-refractivity contribution < 1.29 is 0 Å². The lowest BCUT2D eigenvalue weighted by atomic mass is 9.96. The van der Waals surface area contributed by atoms with Crippen LogP contribution in [0.5, 0.6) is 0 Å². The van der Waals surface area contributed by atoms with Gasteiger partial charge in [0.15, 0.2) is 0 Å². The van der Waals surface area contributed by atoms with Gasteiger partial charge in [-0.1, -0.05) is 20.8 Å². The van der Waals surface area contributed by atoms with Crippen LogP contribution in [0.3, 0.4) is 0 Å². The molecular weight excluding hydrogens is 302 g/mol. The molecule has 7 nitrogen and oxygen atoms in total. The third-order valence-electron chi connectivity index (χ3n) is 3.44. The highest BCUT2D eigenvalue weighted by Crippen LogP contribution is 2.20. The van der Waals surface area contributed by atoms with E-state index in [1.807, 2.05) is 0 Å². The minimum Gasteiger partial charge on any atom is -0.354 e. The normalized spacial score (nSPS) is 12.0. The van der Waals surface area contributed by atoms with Crippen molar-refractivity contribution in [1.29, 1.82) is 0 Å². The summed E-state index contributed by atoms with van der Waals surface area (Å²) in [6.45, 7) is 10.1. The van der Waals surface area contributed by atoms with E-state index in [-0.39, 0.29) is 5.41 Å². The van der Waals surface area contributed by atoms with Crippen LogP contribution in [0.15, 0.2) is 0 Å². The van der Waals surface area contributed by atoms with Crippen molar-refractivity contribution in [2.75, 3.05) is 65.0 Å². The van der Waals surface area contributed by atoms with E-state index < -0.39 is 0 Å². The van der Waals surface area contributed by atoms with Crippen LogP contribution in [-0.2, 0) is 5.41 Å². The van der Waals surface area contributed by atoms with Gasteiger partial charge in [0.2, 0.25) is 11.9 Å². The Morgan fingerprint density at radius 2 is 1.17 bits per heavy atom. The fraction of sp³-hybridized carbons (Fsp3) is 0.824. The second-order valence-corrected chi connectivity index (χ2v) is 7.72. The number of rotatable bonds is 10. The molecule has 0 aliphatic heterocycles. The standard InChI is InChI=1S/C17H35N7/c1-17(2,3)14-20-15(18-10-8-12-23(4)5)22-16(21-14)19-11-9-13-24(6)7/h8-13H2,1-7H3,(H2,18,19,20,21,22). The van der Waals surface area contributed by atoms with E-state index in [0.717, 1.165) is 44.8 Å². The topological polar surface area (TPSA) is 69.2 Å².